The molecule has 20 heavy (non-hydrogen) atoms. The maximum absolute atomic E-state index is 11.8. The van der Waals surface area contributed by atoms with Gasteiger partial charge in [-0.25, -0.2) is 14.6 Å². The van der Waals surface area contributed by atoms with Gasteiger partial charge in [0, 0.05) is 19.0 Å². The van der Waals surface area contributed by atoms with E-state index < -0.39 is 11.9 Å². The predicted octanol–water partition coefficient (Wildman–Crippen LogP) is 0.855. The molecule has 1 aromatic rings. The molecule has 0 aliphatic heterocycles. The molecule has 0 aromatic carbocycles. The van der Waals surface area contributed by atoms with Crippen molar-refractivity contribution in [3.05, 3.63) is 17.6 Å². The maximum Gasteiger partial charge on any atom is 0.340 e. The molecule has 0 amide bonds. The van der Waals surface area contributed by atoms with E-state index in [9.17, 15) is 9.59 Å². The Kier molecular flexibility index (Phi) is 4.90. The molecule has 7 nitrogen and oxygen atoms in total. The lowest BCUT2D eigenvalue weighted by Crippen LogP contribution is -2.10. The van der Waals surface area contributed by atoms with Crippen LogP contribution >= 0.6 is 0 Å². The lowest BCUT2D eigenvalue weighted by atomic mass is 10.1. The number of ether oxygens (including phenoxy) is 2. The van der Waals surface area contributed by atoms with Gasteiger partial charge in [0.25, 0.3) is 0 Å². The van der Waals surface area contributed by atoms with Crippen LogP contribution in [0, 0.1) is 0 Å². The Morgan fingerprint density at radius 1 is 1.30 bits per heavy atom. The minimum absolute atomic E-state index is 0.0284. The normalized spacial score (nSPS) is 11.6. The summed E-state index contributed by atoms with van der Waals surface area (Å²) in [4.78, 5) is 27.5. The highest BCUT2D eigenvalue weighted by molar-refractivity contribution is 6.21. The molecule has 0 radical (unpaired) electrons. The molecule has 2 N–H and O–H groups in total. The summed E-state index contributed by atoms with van der Waals surface area (Å²) in [7, 11) is 4.18. The van der Waals surface area contributed by atoms with Crippen molar-refractivity contribution in [2.45, 2.75) is 19.8 Å². The van der Waals surface area contributed by atoms with Gasteiger partial charge in [-0.1, -0.05) is 13.8 Å². The van der Waals surface area contributed by atoms with Crippen molar-refractivity contribution in [2.75, 3.05) is 20.0 Å². The summed E-state index contributed by atoms with van der Waals surface area (Å²) in [6.07, 6.45) is 1.02. The van der Waals surface area contributed by atoms with Crippen LogP contribution in [0.3, 0.4) is 0 Å². The molecule has 7 heteroatoms. The second-order valence-corrected chi connectivity index (χ2v) is 4.49. The third kappa shape index (κ3) is 2.98. The van der Waals surface area contributed by atoms with Crippen LogP contribution in [0.4, 0.5) is 5.82 Å². The van der Waals surface area contributed by atoms with E-state index >= 15 is 0 Å². The Labute approximate surface area is 117 Å². The molecule has 0 aliphatic carbocycles. The van der Waals surface area contributed by atoms with Crippen LogP contribution in [-0.2, 0) is 26.1 Å². The molecule has 0 saturated carbocycles. The number of carbonyl (C=O) groups is 2. The first-order valence-corrected chi connectivity index (χ1v) is 6.03. The van der Waals surface area contributed by atoms with Crippen molar-refractivity contribution in [3.63, 3.8) is 0 Å². The number of rotatable bonds is 4. The fraction of sp³-hybridized carbons (Fsp3) is 0.462. The number of hydrogen-bond acceptors (Lipinski definition) is 6. The number of esters is 2. The topological polar surface area (TPSA) is 96.4 Å². The molecule has 0 fully saturated rings. The first kappa shape index (κ1) is 15.7. The first-order valence-electron chi connectivity index (χ1n) is 6.03. The molecule has 0 saturated heterocycles. The van der Waals surface area contributed by atoms with Gasteiger partial charge in [-0.05, 0) is 0 Å². The zero-order valence-corrected chi connectivity index (χ0v) is 12.3. The van der Waals surface area contributed by atoms with Crippen molar-refractivity contribution in [1.29, 1.82) is 0 Å². The molecular weight excluding hydrogens is 262 g/mol. The largest absolute Gasteiger partial charge is 0.466 e. The molecule has 110 valence electrons. The molecule has 0 atom stereocenters. The number of nitrogen functional groups attached to an aromatic ring is 1. The minimum atomic E-state index is -0.699. The van der Waals surface area contributed by atoms with E-state index in [1.165, 1.54) is 14.2 Å². The van der Waals surface area contributed by atoms with Gasteiger partial charge in [0.1, 0.15) is 17.3 Å². The summed E-state index contributed by atoms with van der Waals surface area (Å²) in [5.74, 6) is -0.267. The van der Waals surface area contributed by atoms with E-state index in [0.29, 0.717) is 5.82 Å². The Bertz CT molecular complexity index is 558. The highest BCUT2D eigenvalue weighted by Gasteiger charge is 2.23. The lowest BCUT2D eigenvalue weighted by Gasteiger charge is -2.05. The second kappa shape index (κ2) is 6.23. The number of nitrogens with zero attached hydrogens (tertiary/aromatic N) is 2. The van der Waals surface area contributed by atoms with E-state index in [1.54, 1.807) is 11.6 Å². The second-order valence-electron chi connectivity index (χ2n) is 4.49. The maximum atomic E-state index is 11.8. The number of carbonyl (C=O) groups excluding carboxylic acids is 2. The minimum Gasteiger partial charge on any atom is -0.466 e. The van der Waals surface area contributed by atoms with Gasteiger partial charge in [-0.2, -0.15) is 0 Å². The van der Waals surface area contributed by atoms with Gasteiger partial charge in [-0.3, -0.25) is 0 Å². The zero-order chi connectivity index (χ0) is 15.4. The molecule has 0 bridgehead atoms. The molecule has 1 aromatic heterocycles. The van der Waals surface area contributed by atoms with Crippen molar-refractivity contribution in [3.8, 4) is 0 Å². The standard InChI is InChI=1S/C13H19N3O4/c1-7(2)12-15-10(11(14)16(12)3)8(13(18)20-5)6-9(17)19-4/h6-7H,14H2,1-5H3/b8-6+. The number of anilines is 1. The summed E-state index contributed by atoms with van der Waals surface area (Å²) in [6, 6.07) is 0. The Hall–Kier alpha value is -2.31. The average Bonchev–Trinajstić information content (AvgIpc) is 2.71. The van der Waals surface area contributed by atoms with Gasteiger partial charge in [-0.15, -0.1) is 0 Å². The zero-order valence-electron chi connectivity index (χ0n) is 12.3. The van der Waals surface area contributed by atoms with Gasteiger partial charge in [0.05, 0.1) is 19.8 Å². The van der Waals surface area contributed by atoms with E-state index in [1.807, 2.05) is 13.8 Å². The average molecular weight is 281 g/mol. The molecular formula is C13H19N3O4. The number of hydrogen-bond donors (Lipinski definition) is 1. The SMILES string of the molecule is COC(=O)/C=C(/C(=O)OC)c1nc(C(C)C)n(C)c1N. The predicted molar refractivity (Wildman–Crippen MR) is 73.7 cm³/mol. The summed E-state index contributed by atoms with van der Waals surface area (Å²) in [5, 5.41) is 0. The summed E-state index contributed by atoms with van der Waals surface area (Å²) < 4.78 is 10.9. The molecule has 0 spiro atoms. The lowest BCUT2D eigenvalue weighted by molar-refractivity contribution is -0.136. The molecule has 0 unspecified atom stereocenters. The van der Waals surface area contributed by atoms with Crippen molar-refractivity contribution < 1.29 is 19.1 Å². The third-order valence-electron chi connectivity index (χ3n) is 2.81. The van der Waals surface area contributed by atoms with Crippen LogP contribution in [0.1, 0.15) is 31.3 Å². The summed E-state index contributed by atoms with van der Waals surface area (Å²) in [6.45, 7) is 3.90. The van der Waals surface area contributed by atoms with E-state index in [0.717, 1.165) is 6.08 Å². The van der Waals surface area contributed by atoms with Crippen molar-refractivity contribution in [2.24, 2.45) is 7.05 Å². The van der Waals surface area contributed by atoms with Gasteiger partial charge >= 0.3 is 11.9 Å². The van der Waals surface area contributed by atoms with Crippen LogP contribution in [-0.4, -0.2) is 35.7 Å². The quantitative estimate of drug-likeness (QED) is 0.649. The molecule has 1 heterocycles. The summed E-state index contributed by atoms with van der Waals surface area (Å²) in [5.41, 5.74) is 6.14. The first-order chi connectivity index (χ1) is 9.33. The van der Waals surface area contributed by atoms with Crippen LogP contribution in [0.2, 0.25) is 0 Å². The van der Waals surface area contributed by atoms with Crippen LogP contribution in [0.5, 0.6) is 0 Å². The number of aromatic nitrogens is 2. The molecule has 1 rings (SSSR count). The van der Waals surface area contributed by atoms with Crippen LogP contribution < -0.4 is 5.73 Å². The van der Waals surface area contributed by atoms with E-state index in [2.05, 4.69) is 14.5 Å². The van der Waals surface area contributed by atoms with E-state index in [4.69, 9.17) is 5.73 Å². The molecule has 0 aliphatic rings. The van der Waals surface area contributed by atoms with E-state index in [-0.39, 0.29) is 23.0 Å². The van der Waals surface area contributed by atoms with Crippen molar-refractivity contribution in [1.82, 2.24) is 9.55 Å². The monoisotopic (exact) mass is 281 g/mol. The Balaban J connectivity index is 3.43. The van der Waals surface area contributed by atoms with Crippen LogP contribution in [0.15, 0.2) is 6.08 Å². The fourth-order valence-corrected chi connectivity index (χ4v) is 1.75. The van der Waals surface area contributed by atoms with Crippen LogP contribution in [0.25, 0.3) is 5.57 Å². The van der Waals surface area contributed by atoms with Crippen molar-refractivity contribution >= 4 is 23.3 Å². The van der Waals surface area contributed by atoms with Gasteiger partial charge in [0.15, 0.2) is 0 Å². The summed E-state index contributed by atoms with van der Waals surface area (Å²) >= 11 is 0. The number of nitrogens with two attached hydrogens (primary N) is 1. The third-order valence-corrected chi connectivity index (χ3v) is 2.81. The number of methoxy groups -OCH3 is 2. The highest BCUT2D eigenvalue weighted by atomic mass is 16.5. The Morgan fingerprint density at radius 3 is 2.30 bits per heavy atom. The van der Waals surface area contributed by atoms with Gasteiger partial charge < -0.3 is 19.8 Å². The smallest absolute Gasteiger partial charge is 0.340 e. The fourth-order valence-electron chi connectivity index (χ4n) is 1.75. The van der Waals surface area contributed by atoms with Gasteiger partial charge in [0.2, 0.25) is 0 Å². The number of imidazole rings is 1. The highest BCUT2D eigenvalue weighted by Crippen LogP contribution is 2.26. The Morgan fingerprint density at radius 2 is 1.90 bits per heavy atom.